The molecule has 1 rings (SSSR count). The number of halogens is 2. The minimum absolute atomic E-state index is 0.0199. The van der Waals surface area contributed by atoms with Gasteiger partial charge in [-0.05, 0) is 12.1 Å². The molecule has 0 saturated heterocycles. The number of carboxylic acids is 1. The second-order valence-corrected chi connectivity index (χ2v) is 5.59. The number of amides is 1. The number of ether oxygens (including phenoxy) is 2. The van der Waals surface area contributed by atoms with Crippen LogP contribution in [0.2, 0.25) is 10.0 Å². The van der Waals surface area contributed by atoms with E-state index in [1.165, 1.54) is 24.3 Å². The van der Waals surface area contributed by atoms with Gasteiger partial charge in [0.15, 0.2) is 5.78 Å². The second kappa shape index (κ2) is 10.4. The van der Waals surface area contributed by atoms with Gasteiger partial charge in [-0.1, -0.05) is 41.9 Å². The van der Waals surface area contributed by atoms with Crippen molar-refractivity contribution >= 4 is 47.0 Å². The topological polar surface area (TPSA) is 119 Å². The Balaban J connectivity index is 2.94. The summed E-state index contributed by atoms with van der Waals surface area (Å²) in [6.07, 6.45) is -2.53. The standard InChI is InChI=1S/C16H15Cl2NO7/c1-2-8-25-16(24)19-14(11(20)6-7-12(21)22)26-15(23)13-9(17)4-3-5-10(13)18/h2-5,14H,1,6-8H2,(H,19,24)(H,21,22). The molecule has 0 radical (unpaired) electrons. The summed E-state index contributed by atoms with van der Waals surface area (Å²) in [6.45, 7) is 3.20. The Hall–Kier alpha value is -2.58. The molecule has 26 heavy (non-hydrogen) atoms. The van der Waals surface area contributed by atoms with Crippen LogP contribution in [0.1, 0.15) is 23.2 Å². The molecule has 10 heteroatoms. The van der Waals surface area contributed by atoms with Gasteiger partial charge >= 0.3 is 18.0 Å². The van der Waals surface area contributed by atoms with Crippen molar-refractivity contribution in [3.05, 3.63) is 46.5 Å². The third kappa shape index (κ3) is 6.73. The number of carbonyl (C=O) groups is 4. The lowest BCUT2D eigenvalue weighted by atomic mass is 10.2. The first kappa shape index (κ1) is 21.5. The Labute approximate surface area is 158 Å². The van der Waals surface area contributed by atoms with Crippen LogP contribution in [0.3, 0.4) is 0 Å². The Bertz CT molecular complexity index is 700. The number of hydrogen-bond acceptors (Lipinski definition) is 6. The summed E-state index contributed by atoms with van der Waals surface area (Å²) in [6, 6.07) is 4.27. The molecule has 140 valence electrons. The first-order chi connectivity index (χ1) is 12.3. The molecule has 1 aromatic rings. The van der Waals surface area contributed by atoms with Crippen LogP contribution in [0.4, 0.5) is 4.79 Å². The van der Waals surface area contributed by atoms with Crippen molar-refractivity contribution in [2.45, 2.75) is 19.1 Å². The van der Waals surface area contributed by atoms with E-state index in [1.807, 2.05) is 5.32 Å². The molecule has 1 atom stereocenters. The molecule has 0 aliphatic carbocycles. The number of Topliss-reactive ketones (excluding diaryl/α,β-unsaturated/α-hetero) is 1. The summed E-state index contributed by atoms with van der Waals surface area (Å²) < 4.78 is 9.61. The van der Waals surface area contributed by atoms with Crippen LogP contribution in [0, 0.1) is 0 Å². The van der Waals surface area contributed by atoms with Gasteiger partial charge in [-0.15, -0.1) is 0 Å². The van der Waals surface area contributed by atoms with E-state index in [9.17, 15) is 19.2 Å². The van der Waals surface area contributed by atoms with Gasteiger partial charge in [-0.25, -0.2) is 9.59 Å². The zero-order chi connectivity index (χ0) is 19.7. The summed E-state index contributed by atoms with van der Waals surface area (Å²) in [4.78, 5) is 46.6. The van der Waals surface area contributed by atoms with E-state index < -0.39 is 42.9 Å². The molecule has 0 spiro atoms. The van der Waals surface area contributed by atoms with E-state index in [-0.39, 0.29) is 22.2 Å². The van der Waals surface area contributed by atoms with Gasteiger partial charge in [0.05, 0.1) is 22.0 Å². The van der Waals surface area contributed by atoms with E-state index in [0.29, 0.717) is 0 Å². The average Bonchev–Trinajstić information content (AvgIpc) is 2.57. The highest BCUT2D eigenvalue weighted by molar-refractivity contribution is 6.39. The zero-order valence-electron chi connectivity index (χ0n) is 13.4. The number of rotatable bonds is 9. The summed E-state index contributed by atoms with van der Waals surface area (Å²) in [5.74, 6) is -3.15. The number of aliphatic carboxylic acids is 1. The van der Waals surface area contributed by atoms with Crippen LogP contribution >= 0.6 is 23.2 Å². The molecule has 0 saturated carbocycles. The monoisotopic (exact) mass is 403 g/mol. The molecule has 0 fully saturated rings. The third-order valence-corrected chi connectivity index (χ3v) is 3.48. The first-order valence-electron chi connectivity index (χ1n) is 7.20. The van der Waals surface area contributed by atoms with Crippen molar-refractivity contribution in [1.29, 1.82) is 0 Å². The summed E-state index contributed by atoms with van der Waals surface area (Å²) in [5, 5.41) is 10.7. The van der Waals surface area contributed by atoms with Crippen molar-refractivity contribution in [3.8, 4) is 0 Å². The Morgan fingerprint density at radius 1 is 1.19 bits per heavy atom. The number of ketones is 1. The lowest BCUT2D eigenvalue weighted by Crippen LogP contribution is -2.44. The normalized spacial score (nSPS) is 11.2. The zero-order valence-corrected chi connectivity index (χ0v) is 14.9. The van der Waals surface area contributed by atoms with Gasteiger partial charge in [-0.2, -0.15) is 0 Å². The molecule has 1 unspecified atom stereocenters. The van der Waals surface area contributed by atoms with Crippen molar-refractivity contribution in [2.75, 3.05) is 6.61 Å². The van der Waals surface area contributed by atoms with Gasteiger partial charge in [0.25, 0.3) is 0 Å². The summed E-state index contributed by atoms with van der Waals surface area (Å²) in [5.41, 5.74) is -0.201. The Morgan fingerprint density at radius 2 is 1.81 bits per heavy atom. The van der Waals surface area contributed by atoms with Crippen LogP contribution < -0.4 is 5.32 Å². The van der Waals surface area contributed by atoms with Gasteiger partial charge < -0.3 is 14.6 Å². The van der Waals surface area contributed by atoms with Crippen LogP contribution in [0.15, 0.2) is 30.9 Å². The van der Waals surface area contributed by atoms with E-state index in [1.54, 1.807) is 0 Å². The predicted molar refractivity (Wildman–Crippen MR) is 92.2 cm³/mol. The van der Waals surface area contributed by atoms with Crippen LogP contribution in [0.25, 0.3) is 0 Å². The molecular weight excluding hydrogens is 389 g/mol. The highest BCUT2D eigenvalue weighted by Gasteiger charge is 2.28. The number of esters is 1. The van der Waals surface area contributed by atoms with Crippen LogP contribution in [-0.4, -0.2) is 41.8 Å². The Morgan fingerprint density at radius 3 is 2.35 bits per heavy atom. The maximum atomic E-state index is 12.3. The maximum absolute atomic E-state index is 12.3. The predicted octanol–water partition coefficient (Wildman–Crippen LogP) is 2.82. The number of benzene rings is 1. The fraction of sp³-hybridized carbons (Fsp3) is 0.250. The summed E-state index contributed by atoms with van der Waals surface area (Å²) >= 11 is 11.8. The van der Waals surface area contributed by atoms with Crippen LogP contribution in [0.5, 0.6) is 0 Å². The average molecular weight is 404 g/mol. The fourth-order valence-corrected chi connectivity index (χ4v) is 2.23. The van der Waals surface area contributed by atoms with Gasteiger partial charge in [-0.3, -0.25) is 14.9 Å². The number of carboxylic acid groups (broad SMARTS) is 1. The number of carbonyl (C=O) groups excluding carboxylic acids is 3. The molecule has 1 amide bonds. The van der Waals surface area contributed by atoms with Gasteiger partial charge in [0, 0.05) is 6.42 Å². The minimum Gasteiger partial charge on any atom is -0.481 e. The van der Waals surface area contributed by atoms with Gasteiger partial charge in [0.2, 0.25) is 6.23 Å². The molecule has 2 N–H and O–H groups in total. The highest BCUT2D eigenvalue weighted by Crippen LogP contribution is 2.25. The van der Waals surface area contributed by atoms with E-state index in [2.05, 4.69) is 11.3 Å². The number of nitrogens with one attached hydrogen (secondary N) is 1. The SMILES string of the molecule is C=CCOC(=O)NC(OC(=O)c1c(Cl)cccc1Cl)C(=O)CCC(=O)O. The highest BCUT2D eigenvalue weighted by atomic mass is 35.5. The molecule has 1 aromatic carbocycles. The lowest BCUT2D eigenvalue weighted by molar-refractivity contribution is -0.140. The molecule has 0 aliphatic rings. The van der Waals surface area contributed by atoms with E-state index >= 15 is 0 Å². The van der Waals surface area contributed by atoms with E-state index in [0.717, 1.165) is 0 Å². The first-order valence-corrected chi connectivity index (χ1v) is 7.95. The number of alkyl carbamates (subject to hydrolysis) is 1. The smallest absolute Gasteiger partial charge is 0.410 e. The second-order valence-electron chi connectivity index (χ2n) is 4.77. The molecule has 0 aliphatic heterocycles. The molecule has 8 nitrogen and oxygen atoms in total. The molecular formula is C16H15Cl2NO7. The largest absolute Gasteiger partial charge is 0.481 e. The summed E-state index contributed by atoms with van der Waals surface area (Å²) in [7, 11) is 0. The van der Waals surface area contributed by atoms with E-state index in [4.69, 9.17) is 33.0 Å². The minimum atomic E-state index is -1.77. The molecule has 0 aromatic heterocycles. The van der Waals surface area contributed by atoms with Crippen molar-refractivity contribution in [1.82, 2.24) is 5.32 Å². The van der Waals surface area contributed by atoms with Crippen molar-refractivity contribution in [3.63, 3.8) is 0 Å². The van der Waals surface area contributed by atoms with Crippen LogP contribution in [-0.2, 0) is 19.1 Å². The lowest BCUT2D eigenvalue weighted by Gasteiger charge is -2.18. The molecule has 0 heterocycles. The maximum Gasteiger partial charge on any atom is 0.410 e. The quantitative estimate of drug-likeness (QED) is 0.369. The third-order valence-electron chi connectivity index (χ3n) is 2.85. The molecule has 0 bridgehead atoms. The van der Waals surface area contributed by atoms with Crippen molar-refractivity contribution < 1.29 is 33.8 Å². The number of hydrogen-bond donors (Lipinski definition) is 2. The van der Waals surface area contributed by atoms with Gasteiger partial charge in [0.1, 0.15) is 6.61 Å². The fourth-order valence-electron chi connectivity index (χ4n) is 1.68. The van der Waals surface area contributed by atoms with Crippen molar-refractivity contribution in [2.24, 2.45) is 0 Å². The Kier molecular flexibility index (Phi) is 8.60.